The molecule has 1 amide bonds. The van der Waals surface area contributed by atoms with Gasteiger partial charge in [0.2, 0.25) is 0 Å². The smallest absolute Gasteiger partial charge is 0.339 e. The molecule has 0 aliphatic carbocycles. The summed E-state index contributed by atoms with van der Waals surface area (Å²) >= 11 is 1.25. The number of non-ortho nitro benzene ring substituents is 1. The quantitative estimate of drug-likeness (QED) is 0.251. The van der Waals surface area contributed by atoms with Crippen molar-refractivity contribution in [3.05, 3.63) is 87.8 Å². The third-order valence-electron chi connectivity index (χ3n) is 4.84. The second-order valence-corrected chi connectivity index (χ2v) is 7.65. The summed E-state index contributed by atoms with van der Waals surface area (Å²) in [5.41, 5.74) is 2.50. The molecule has 3 aromatic rings. The molecule has 9 heteroatoms. The molecule has 0 N–H and O–H groups in total. The van der Waals surface area contributed by atoms with Crippen LogP contribution < -0.4 is 4.90 Å². The Morgan fingerprint density at radius 3 is 2.74 bits per heavy atom. The van der Waals surface area contributed by atoms with Gasteiger partial charge in [-0.15, -0.1) is 17.9 Å². The second kappa shape index (κ2) is 8.49. The minimum Gasteiger partial charge on any atom is -0.448 e. The van der Waals surface area contributed by atoms with E-state index in [9.17, 15) is 19.7 Å². The van der Waals surface area contributed by atoms with E-state index in [0.717, 1.165) is 5.56 Å². The van der Waals surface area contributed by atoms with Crippen LogP contribution in [0.4, 0.5) is 10.8 Å². The van der Waals surface area contributed by atoms with Crippen molar-refractivity contribution in [3.8, 4) is 11.3 Å². The van der Waals surface area contributed by atoms with Gasteiger partial charge in [0.1, 0.15) is 0 Å². The Morgan fingerprint density at radius 2 is 2.03 bits per heavy atom. The zero-order valence-corrected chi connectivity index (χ0v) is 17.1. The summed E-state index contributed by atoms with van der Waals surface area (Å²) in [6.07, 6.45) is 0.910. The van der Waals surface area contributed by atoms with Crippen molar-refractivity contribution in [2.24, 2.45) is 0 Å². The van der Waals surface area contributed by atoms with Gasteiger partial charge < -0.3 is 4.74 Å². The van der Waals surface area contributed by atoms with Crippen LogP contribution in [0.1, 0.15) is 15.9 Å². The predicted octanol–water partition coefficient (Wildman–Crippen LogP) is 4.02. The maximum absolute atomic E-state index is 13.2. The third-order valence-corrected chi connectivity index (χ3v) is 5.71. The number of anilines is 1. The molecule has 8 nitrogen and oxygen atoms in total. The van der Waals surface area contributed by atoms with Crippen molar-refractivity contribution in [2.45, 2.75) is 12.5 Å². The molecule has 4 rings (SSSR count). The number of fused-ring (bicyclic) bond motifs is 1. The number of nitro benzene ring substituents is 1. The highest BCUT2D eigenvalue weighted by Gasteiger charge is 2.35. The van der Waals surface area contributed by atoms with E-state index in [4.69, 9.17) is 4.74 Å². The monoisotopic (exact) mass is 435 g/mol. The van der Waals surface area contributed by atoms with Crippen molar-refractivity contribution in [2.75, 3.05) is 11.4 Å². The van der Waals surface area contributed by atoms with Crippen LogP contribution in [0, 0.1) is 10.1 Å². The number of rotatable bonds is 6. The van der Waals surface area contributed by atoms with Gasteiger partial charge in [-0.1, -0.05) is 24.3 Å². The van der Waals surface area contributed by atoms with Gasteiger partial charge in [-0.25, -0.2) is 9.78 Å². The predicted molar refractivity (Wildman–Crippen MR) is 116 cm³/mol. The van der Waals surface area contributed by atoms with E-state index in [1.54, 1.807) is 35.7 Å². The third kappa shape index (κ3) is 4.08. The highest BCUT2D eigenvalue weighted by Crippen LogP contribution is 2.30. The molecule has 1 aliphatic rings. The van der Waals surface area contributed by atoms with Gasteiger partial charge in [0.15, 0.2) is 11.2 Å². The van der Waals surface area contributed by atoms with Gasteiger partial charge >= 0.3 is 5.97 Å². The van der Waals surface area contributed by atoms with Crippen molar-refractivity contribution in [3.63, 3.8) is 0 Å². The molecule has 0 saturated carbocycles. The number of ether oxygens (including phenoxy) is 1. The number of carbonyl (C=O) groups excluding carboxylic acids is 2. The van der Waals surface area contributed by atoms with Gasteiger partial charge in [-0.05, 0) is 23.8 Å². The Labute approximate surface area is 181 Å². The number of thiazole rings is 1. The number of nitro groups is 1. The fraction of sp³-hybridized carbons (Fsp3) is 0.136. The van der Waals surface area contributed by atoms with Crippen LogP contribution in [-0.4, -0.2) is 34.4 Å². The lowest BCUT2D eigenvalue weighted by Gasteiger charge is -2.28. The van der Waals surface area contributed by atoms with Gasteiger partial charge in [-0.2, -0.15) is 0 Å². The number of amides is 1. The molecule has 0 radical (unpaired) electrons. The standard InChI is InChI=1S/C22H17N3O5S/c1-2-11-24(20(26)19-12-15-5-3-4-6-17(15)21(27)30-19)22-23-18(13-31-22)14-7-9-16(10-8-14)25(28)29/h2-10,13,19H,1,11-12H2. The highest BCUT2D eigenvalue weighted by atomic mass is 32.1. The van der Waals surface area contributed by atoms with Gasteiger partial charge in [0, 0.05) is 36.0 Å². The Bertz CT molecular complexity index is 1170. The number of benzene rings is 2. The van der Waals surface area contributed by atoms with Crippen LogP contribution in [0.5, 0.6) is 0 Å². The van der Waals surface area contributed by atoms with Gasteiger partial charge in [0.25, 0.3) is 11.6 Å². The van der Waals surface area contributed by atoms with Gasteiger partial charge in [-0.3, -0.25) is 19.8 Å². The summed E-state index contributed by atoms with van der Waals surface area (Å²) in [4.78, 5) is 41.8. The van der Waals surface area contributed by atoms with Gasteiger partial charge in [0.05, 0.1) is 16.2 Å². The number of hydrogen-bond acceptors (Lipinski definition) is 7. The summed E-state index contributed by atoms with van der Waals surface area (Å²) < 4.78 is 5.40. The molecular weight excluding hydrogens is 418 g/mol. The number of carbonyl (C=O) groups is 2. The number of aromatic nitrogens is 1. The highest BCUT2D eigenvalue weighted by molar-refractivity contribution is 7.14. The number of nitrogens with zero attached hydrogens (tertiary/aromatic N) is 3. The average molecular weight is 435 g/mol. The van der Waals surface area contributed by atoms with E-state index >= 15 is 0 Å². The lowest BCUT2D eigenvalue weighted by molar-refractivity contribution is -0.384. The number of esters is 1. The molecule has 0 spiro atoms. The Kier molecular flexibility index (Phi) is 5.59. The van der Waals surface area contributed by atoms with Crippen LogP contribution >= 0.6 is 11.3 Å². The maximum atomic E-state index is 13.2. The van der Waals surface area contributed by atoms with Crippen LogP contribution in [0.15, 0.2) is 66.6 Å². The molecule has 1 aromatic heterocycles. The van der Waals surface area contributed by atoms with Crippen molar-refractivity contribution < 1.29 is 19.2 Å². The molecule has 1 unspecified atom stereocenters. The van der Waals surface area contributed by atoms with Crippen LogP contribution in [-0.2, 0) is 16.0 Å². The molecule has 1 aliphatic heterocycles. The summed E-state index contributed by atoms with van der Waals surface area (Å²) in [5, 5.41) is 13.0. The van der Waals surface area contributed by atoms with E-state index in [-0.39, 0.29) is 24.6 Å². The minimum absolute atomic E-state index is 0.0120. The molecule has 1 atom stereocenters. The first kappa shape index (κ1) is 20.4. The summed E-state index contributed by atoms with van der Waals surface area (Å²) in [6, 6.07) is 13.1. The summed E-state index contributed by atoms with van der Waals surface area (Å²) in [7, 11) is 0. The Hall–Kier alpha value is -3.85. The lowest BCUT2D eigenvalue weighted by Crippen LogP contribution is -2.44. The zero-order chi connectivity index (χ0) is 22.0. The first-order chi connectivity index (χ1) is 15.0. The molecular formula is C22H17N3O5S. The number of cyclic esters (lactones) is 1. The normalized spacial score (nSPS) is 15.0. The Morgan fingerprint density at radius 1 is 1.29 bits per heavy atom. The van der Waals surface area contributed by atoms with Crippen LogP contribution in [0.25, 0.3) is 11.3 Å². The molecule has 31 heavy (non-hydrogen) atoms. The van der Waals surface area contributed by atoms with E-state index in [1.165, 1.54) is 28.4 Å². The molecule has 2 aromatic carbocycles. The van der Waals surface area contributed by atoms with E-state index in [2.05, 4.69) is 11.6 Å². The number of hydrogen-bond donors (Lipinski definition) is 0. The lowest BCUT2D eigenvalue weighted by atomic mass is 9.98. The molecule has 2 heterocycles. The van der Waals surface area contributed by atoms with E-state index < -0.39 is 17.0 Å². The van der Waals surface area contributed by atoms with Crippen LogP contribution in [0.2, 0.25) is 0 Å². The summed E-state index contributed by atoms with van der Waals surface area (Å²) in [6.45, 7) is 3.90. The topological polar surface area (TPSA) is 103 Å². The first-order valence-corrected chi connectivity index (χ1v) is 10.3. The van der Waals surface area contributed by atoms with Crippen molar-refractivity contribution in [1.82, 2.24) is 4.98 Å². The fourth-order valence-corrected chi connectivity index (χ4v) is 4.16. The molecule has 0 fully saturated rings. The Balaban J connectivity index is 1.58. The molecule has 0 saturated heterocycles. The minimum atomic E-state index is -0.950. The SMILES string of the molecule is C=CCN(C(=O)C1Cc2ccccc2C(=O)O1)c1nc(-c2ccc([N+](=O)[O-])cc2)cs1. The van der Waals surface area contributed by atoms with E-state index in [1.807, 2.05) is 12.1 Å². The van der Waals surface area contributed by atoms with E-state index in [0.29, 0.717) is 22.0 Å². The molecule has 0 bridgehead atoms. The second-order valence-electron chi connectivity index (χ2n) is 6.81. The fourth-order valence-electron chi connectivity index (χ4n) is 3.31. The van der Waals surface area contributed by atoms with Crippen molar-refractivity contribution >= 4 is 34.0 Å². The van der Waals surface area contributed by atoms with Crippen LogP contribution in [0.3, 0.4) is 0 Å². The largest absolute Gasteiger partial charge is 0.448 e. The van der Waals surface area contributed by atoms with Crippen molar-refractivity contribution in [1.29, 1.82) is 0 Å². The molecule has 156 valence electrons. The average Bonchev–Trinajstić information content (AvgIpc) is 3.27. The first-order valence-electron chi connectivity index (χ1n) is 9.39. The maximum Gasteiger partial charge on any atom is 0.339 e. The zero-order valence-electron chi connectivity index (χ0n) is 16.3. The summed E-state index contributed by atoms with van der Waals surface area (Å²) in [5.74, 6) is -0.906.